The molecule has 1 aromatic rings. The first-order valence-corrected chi connectivity index (χ1v) is 7.23. The minimum atomic E-state index is 0.551. The Morgan fingerprint density at radius 3 is 2.89 bits per heavy atom. The van der Waals surface area contributed by atoms with Gasteiger partial charge in [0.1, 0.15) is 12.7 Å². The maximum Gasteiger partial charge on any atom is 0.137 e. The van der Waals surface area contributed by atoms with E-state index >= 15 is 0 Å². The van der Waals surface area contributed by atoms with Crippen molar-refractivity contribution in [3.8, 4) is 0 Å². The van der Waals surface area contributed by atoms with E-state index in [9.17, 15) is 0 Å². The van der Waals surface area contributed by atoms with E-state index in [1.807, 2.05) is 4.68 Å². The van der Waals surface area contributed by atoms with E-state index in [4.69, 9.17) is 0 Å². The molecule has 4 nitrogen and oxygen atoms in total. The van der Waals surface area contributed by atoms with Gasteiger partial charge in [-0.15, -0.1) is 0 Å². The second kappa shape index (κ2) is 6.32. The highest BCUT2D eigenvalue weighted by Gasteiger charge is 2.25. The van der Waals surface area contributed by atoms with Crippen molar-refractivity contribution in [3.63, 3.8) is 0 Å². The second-order valence-electron chi connectivity index (χ2n) is 6.02. The summed E-state index contributed by atoms with van der Waals surface area (Å²) in [6.45, 7) is 7.99. The van der Waals surface area contributed by atoms with Gasteiger partial charge in [0.05, 0.1) is 0 Å². The summed E-state index contributed by atoms with van der Waals surface area (Å²) in [7, 11) is 0. The van der Waals surface area contributed by atoms with Gasteiger partial charge in [0.2, 0.25) is 0 Å². The van der Waals surface area contributed by atoms with E-state index in [0.717, 1.165) is 24.8 Å². The van der Waals surface area contributed by atoms with Crippen LogP contribution in [0.3, 0.4) is 0 Å². The Hall–Kier alpha value is -0.900. The standard InChI is InChI=1S/C14H26N4/c1-11-4-5-14(12(2)8-11)17-13(3)6-7-18-10-15-9-16-18/h9-14,17H,4-8H2,1-3H3/t11-,12+,13+,14+/m1/s1. The molecule has 2 rings (SSSR count). The lowest BCUT2D eigenvalue weighted by Crippen LogP contribution is -2.43. The van der Waals surface area contributed by atoms with Gasteiger partial charge in [0.15, 0.2) is 0 Å². The maximum atomic E-state index is 4.14. The van der Waals surface area contributed by atoms with E-state index in [1.165, 1.54) is 19.3 Å². The molecule has 1 saturated carbocycles. The van der Waals surface area contributed by atoms with Crippen LogP contribution in [0.25, 0.3) is 0 Å². The summed E-state index contributed by atoms with van der Waals surface area (Å²) in [6.07, 6.45) is 8.57. The molecule has 0 saturated heterocycles. The van der Waals surface area contributed by atoms with Crippen molar-refractivity contribution in [2.75, 3.05) is 0 Å². The topological polar surface area (TPSA) is 42.7 Å². The zero-order chi connectivity index (χ0) is 13.0. The zero-order valence-corrected chi connectivity index (χ0v) is 11.8. The zero-order valence-electron chi connectivity index (χ0n) is 11.8. The highest BCUT2D eigenvalue weighted by atomic mass is 15.3. The average molecular weight is 250 g/mol. The third kappa shape index (κ3) is 3.80. The smallest absolute Gasteiger partial charge is 0.137 e. The van der Waals surface area contributed by atoms with E-state index < -0.39 is 0 Å². The molecule has 1 aliphatic carbocycles. The molecule has 1 fully saturated rings. The molecule has 1 N–H and O–H groups in total. The van der Waals surface area contributed by atoms with E-state index in [1.54, 1.807) is 12.7 Å². The van der Waals surface area contributed by atoms with Gasteiger partial charge in [0, 0.05) is 18.6 Å². The molecular formula is C14H26N4. The molecule has 0 aromatic carbocycles. The Bertz CT molecular complexity index is 336. The number of rotatable bonds is 5. The van der Waals surface area contributed by atoms with Crippen molar-refractivity contribution in [3.05, 3.63) is 12.7 Å². The lowest BCUT2D eigenvalue weighted by molar-refractivity contribution is 0.212. The Labute approximate surface area is 110 Å². The Balaban J connectivity index is 1.72. The molecule has 0 bridgehead atoms. The largest absolute Gasteiger partial charge is 0.311 e. The van der Waals surface area contributed by atoms with Gasteiger partial charge in [-0.2, -0.15) is 5.10 Å². The van der Waals surface area contributed by atoms with Gasteiger partial charge in [-0.1, -0.05) is 13.8 Å². The fourth-order valence-electron chi connectivity index (χ4n) is 3.04. The molecule has 0 spiro atoms. The number of aryl methyl sites for hydroxylation is 1. The average Bonchev–Trinajstić information content (AvgIpc) is 2.83. The van der Waals surface area contributed by atoms with E-state index in [0.29, 0.717) is 12.1 Å². The fraction of sp³-hybridized carbons (Fsp3) is 0.857. The summed E-state index contributed by atoms with van der Waals surface area (Å²) in [4.78, 5) is 3.97. The predicted molar refractivity (Wildman–Crippen MR) is 73.2 cm³/mol. The maximum absolute atomic E-state index is 4.14. The molecule has 0 unspecified atom stereocenters. The van der Waals surface area contributed by atoms with Gasteiger partial charge >= 0.3 is 0 Å². The van der Waals surface area contributed by atoms with Crippen molar-refractivity contribution in [1.29, 1.82) is 0 Å². The number of nitrogens with zero attached hydrogens (tertiary/aromatic N) is 3. The lowest BCUT2D eigenvalue weighted by Gasteiger charge is -2.35. The van der Waals surface area contributed by atoms with Crippen molar-refractivity contribution in [2.45, 2.75) is 65.1 Å². The highest BCUT2D eigenvalue weighted by Crippen LogP contribution is 2.28. The molecular weight excluding hydrogens is 224 g/mol. The van der Waals surface area contributed by atoms with E-state index in [-0.39, 0.29) is 0 Å². The normalized spacial score (nSPS) is 30.3. The fourth-order valence-corrected chi connectivity index (χ4v) is 3.04. The third-order valence-electron chi connectivity index (χ3n) is 4.19. The number of hydrogen-bond acceptors (Lipinski definition) is 3. The number of aromatic nitrogens is 3. The van der Waals surface area contributed by atoms with Crippen LogP contribution in [0.5, 0.6) is 0 Å². The molecule has 1 aromatic heterocycles. The van der Waals surface area contributed by atoms with Crippen LogP contribution in [0.4, 0.5) is 0 Å². The summed E-state index contributed by atoms with van der Waals surface area (Å²) in [5.41, 5.74) is 0. The molecule has 4 atom stereocenters. The van der Waals surface area contributed by atoms with Gasteiger partial charge in [-0.3, -0.25) is 4.68 Å². The number of hydrogen-bond donors (Lipinski definition) is 1. The van der Waals surface area contributed by atoms with Gasteiger partial charge in [-0.05, 0) is 44.4 Å². The van der Waals surface area contributed by atoms with Gasteiger partial charge in [0.25, 0.3) is 0 Å². The van der Waals surface area contributed by atoms with Crippen LogP contribution in [0.1, 0.15) is 46.5 Å². The molecule has 0 aliphatic heterocycles. The van der Waals surface area contributed by atoms with Crippen molar-refractivity contribution >= 4 is 0 Å². The molecule has 1 aliphatic rings. The SMILES string of the molecule is C[C@@H]1CC[C@H](N[C@@H](C)CCn2cncn2)[C@@H](C)C1. The molecule has 4 heteroatoms. The summed E-state index contributed by atoms with van der Waals surface area (Å²) >= 11 is 0. The molecule has 102 valence electrons. The monoisotopic (exact) mass is 250 g/mol. The summed E-state index contributed by atoms with van der Waals surface area (Å²) in [6, 6.07) is 1.25. The van der Waals surface area contributed by atoms with Crippen molar-refractivity contribution in [1.82, 2.24) is 20.1 Å². The predicted octanol–water partition coefficient (Wildman–Crippen LogP) is 2.47. The third-order valence-corrected chi connectivity index (χ3v) is 4.19. The van der Waals surface area contributed by atoms with Crippen LogP contribution in [0.2, 0.25) is 0 Å². The lowest BCUT2D eigenvalue weighted by atomic mass is 9.79. The minimum absolute atomic E-state index is 0.551. The Morgan fingerprint density at radius 2 is 2.22 bits per heavy atom. The molecule has 1 heterocycles. The highest BCUT2D eigenvalue weighted by molar-refractivity contribution is 4.82. The van der Waals surface area contributed by atoms with Crippen LogP contribution >= 0.6 is 0 Å². The second-order valence-corrected chi connectivity index (χ2v) is 6.02. The quantitative estimate of drug-likeness (QED) is 0.873. The first-order valence-electron chi connectivity index (χ1n) is 7.23. The van der Waals surface area contributed by atoms with Crippen molar-refractivity contribution in [2.24, 2.45) is 11.8 Å². The van der Waals surface area contributed by atoms with E-state index in [2.05, 4.69) is 36.2 Å². The number of nitrogens with one attached hydrogen (secondary N) is 1. The first-order chi connectivity index (χ1) is 8.65. The van der Waals surface area contributed by atoms with Crippen LogP contribution in [-0.2, 0) is 6.54 Å². The summed E-state index contributed by atoms with van der Waals surface area (Å²) in [5.74, 6) is 1.71. The van der Waals surface area contributed by atoms with Crippen LogP contribution in [0.15, 0.2) is 12.7 Å². The van der Waals surface area contributed by atoms with Crippen LogP contribution in [0, 0.1) is 11.8 Å². The minimum Gasteiger partial charge on any atom is -0.311 e. The van der Waals surface area contributed by atoms with Crippen molar-refractivity contribution < 1.29 is 0 Å². The van der Waals surface area contributed by atoms with Crippen LogP contribution < -0.4 is 5.32 Å². The molecule has 18 heavy (non-hydrogen) atoms. The molecule has 0 amide bonds. The van der Waals surface area contributed by atoms with Gasteiger partial charge in [-0.25, -0.2) is 4.98 Å². The van der Waals surface area contributed by atoms with Crippen LogP contribution in [-0.4, -0.2) is 26.8 Å². The van der Waals surface area contributed by atoms with Gasteiger partial charge < -0.3 is 5.32 Å². The summed E-state index contributed by atoms with van der Waals surface area (Å²) < 4.78 is 1.91. The summed E-state index contributed by atoms with van der Waals surface area (Å²) in [5, 5.41) is 7.93. The Kier molecular flexibility index (Phi) is 4.75. The molecule has 0 radical (unpaired) electrons. The first kappa shape index (κ1) is 13.5. The Morgan fingerprint density at radius 1 is 1.39 bits per heavy atom.